The van der Waals surface area contributed by atoms with Gasteiger partial charge in [0.2, 0.25) is 0 Å². The first-order valence-corrected chi connectivity index (χ1v) is 7.05. The van der Waals surface area contributed by atoms with Crippen molar-refractivity contribution in [1.82, 2.24) is 4.98 Å². The number of ether oxygens (including phenoxy) is 1. The Morgan fingerprint density at radius 1 is 1.25 bits per heavy atom. The summed E-state index contributed by atoms with van der Waals surface area (Å²) in [6.45, 7) is 0. The molecule has 0 fully saturated rings. The zero-order chi connectivity index (χ0) is 14.5. The Labute approximate surface area is 125 Å². The van der Waals surface area contributed by atoms with Gasteiger partial charge in [-0.3, -0.25) is 14.6 Å². The van der Waals surface area contributed by atoms with Crippen LogP contribution in [-0.2, 0) is 9.53 Å². The molecule has 1 heterocycles. The van der Waals surface area contributed by atoms with Crippen LogP contribution in [0.2, 0.25) is 0 Å². The number of nitrogens with zero attached hydrogens (tertiary/aromatic N) is 1. The molecule has 0 aliphatic rings. The third kappa shape index (κ3) is 3.42. The normalized spacial score (nSPS) is 10.5. The van der Waals surface area contributed by atoms with E-state index < -0.39 is 0 Å². The average molecular weight is 336 g/mol. The van der Waals surface area contributed by atoms with Crippen LogP contribution in [-0.4, -0.2) is 23.8 Å². The van der Waals surface area contributed by atoms with E-state index in [1.54, 1.807) is 12.3 Å². The van der Waals surface area contributed by atoms with E-state index in [-0.39, 0.29) is 18.2 Å². The second-order valence-electron chi connectivity index (χ2n) is 4.38. The van der Waals surface area contributed by atoms with Crippen LogP contribution < -0.4 is 0 Å². The number of pyridine rings is 1. The van der Waals surface area contributed by atoms with Gasteiger partial charge in [0.25, 0.3) is 0 Å². The van der Waals surface area contributed by atoms with Gasteiger partial charge in [-0.2, -0.15) is 0 Å². The van der Waals surface area contributed by atoms with Crippen LogP contribution >= 0.6 is 15.9 Å². The van der Waals surface area contributed by atoms with Crippen LogP contribution in [0.1, 0.15) is 29.6 Å². The summed E-state index contributed by atoms with van der Waals surface area (Å²) in [5, 5.41) is 0.909. The van der Waals surface area contributed by atoms with Gasteiger partial charge in [-0.15, -0.1) is 0 Å². The molecule has 20 heavy (non-hydrogen) atoms. The van der Waals surface area contributed by atoms with Crippen LogP contribution in [0, 0.1) is 0 Å². The lowest BCUT2D eigenvalue weighted by Gasteiger charge is -2.04. The van der Waals surface area contributed by atoms with Crippen molar-refractivity contribution in [2.45, 2.75) is 19.3 Å². The first-order valence-electron chi connectivity index (χ1n) is 6.26. The first kappa shape index (κ1) is 14.7. The highest BCUT2D eigenvalue weighted by atomic mass is 79.9. The lowest BCUT2D eigenvalue weighted by molar-refractivity contribution is -0.140. The molecule has 0 saturated carbocycles. The quantitative estimate of drug-likeness (QED) is 0.619. The molecule has 5 heteroatoms. The SMILES string of the molecule is COC(=O)CCCC(=O)c1ccc2nccc(Br)c2c1. The van der Waals surface area contributed by atoms with E-state index in [1.807, 2.05) is 18.2 Å². The molecule has 2 rings (SSSR count). The van der Waals surface area contributed by atoms with E-state index >= 15 is 0 Å². The molecule has 0 atom stereocenters. The fourth-order valence-electron chi connectivity index (χ4n) is 1.93. The Balaban J connectivity index is 2.10. The Kier molecular flexibility index (Phi) is 4.84. The molecule has 0 aliphatic heterocycles. The molecule has 0 amide bonds. The third-order valence-corrected chi connectivity index (χ3v) is 3.71. The number of fused-ring (bicyclic) bond motifs is 1. The average Bonchev–Trinajstić information content (AvgIpc) is 2.47. The van der Waals surface area contributed by atoms with Gasteiger partial charge in [0.15, 0.2) is 5.78 Å². The molecule has 0 N–H and O–H groups in total. The van der Waals surface area contributed by atoms with Crippen molar-refractivity contribution < 1.29 is 14.3 Å². The molecule has 0 bridgehead atoms. The maximum absolute atomic E-state index is 12.1. The van der Waals surface area contributed by atoms with Crippen LogP contribution in [0.5, 0.6) is 0 Å². The topological polar surface area (TPSA) is 56.3 Å². The standard InChI is InChI=1S/C15H14BrNO3/c1-20-15(19)4-2-3-14(18)10-5-6-13-11(9-10)12(16)7-8-17-13/h5-9H,2-4H2,1H3. The molecule has 2 aromatic rings. The number of benzene rings is 1. The van der Waals surface area contributed by atoms with Gasteiger partial charge in [-0.25, -0.2) is 0 Å². The maximum Gasteiger partial charge on any atom is 0.305 e. The Morgan fingerprint density at radius 3 is 2.80 bits per heavy atom. The van der Waals surface area contributed by atoms with E-state index in [1.165, 1.54) is 7.11 Å². The summed E-state index contributed by atoms with van der Waals surface area (Å²) in [4.78, 5) is 27.3. The largest absolute Gasteiger partial charge is 0.469 e. The van der Waals surface area contributed by atoms with E-state index in [9.17, 15) is 9.59 Å². The van der Waals surface area contributed by atoms with Crippen molar-refractivity contribution in [2.75, 3.05) is 7.11 Å². The molecule has 104 valence electrons. The molecule has 1 aromatic carbocycles. The lowest BCUT2D eigenvalue weighted by atomic mass is 10.0. The van der Waals surface area contributed by atoms with Gasteiger partial charge >= 0.3 is 5.97 Å². The minimum Gasteiger partial charge on any atom is -0.469 e. The number of hydrogen-bond acceptors (Lipinski definition) is 4. The lowest BCUT2D eigenvalue weighted by Crippen LogP contribution is -2.03. The smallest absolute Gasteiger partial charge is 0.305 e. The molecule has 4 nitrogen and oxygen atoms in total. The number of aromatic nitrogens is 1. The summed E-state index contributed by atoms with van der Waals surface area (Å²) in [6.07, 6.45) is 2.81. The highest BCUT2D eigenvalue weighted by molar-refractivity contribution is 9.10. The number of rotatable bonds is 5. The van der Waals surface area contributed by atoms with Crippen molar-refractivity contribution in [3.05, 3.63) is 40.5 Å². The number of ketones is 1. The van der Waals surface area contributed by atoms with Gasteiger partial charge in [-0.05, 0) is 30.7 Å². The summed E-state index contributed by atoms with van der Waals surface area (Å²) in [5.74, 6) is -0.269. The van der Waals surface area contributed by atoms with Gasteiger partial charge in [0, 0.05) is 34.5 Å². The number of halogens is 1. The predicted molar refractivity (Wildman–Crippen MR) is 79.6 cm³/mol. The molecule has 0 saturated heterocycles. The number of hydrogen-bond donors (Lipinski definition) is 0. The minimum atomic E-state index is -0.289. The summed E-state index contributed by atoms with van der Waals surface area (Å²) < 4.78 is 5.46. The third-order valence-electron chi connectivity index (χ3n) is 3.02. The molecular weight excluding hydrogens is 322 g/mol. The summed E-state index contributed by atoms with van der Waals surface area (Å²) in [7, 11) is 1.35. The Hall–Kier alpha value is -1.75. The zero-order valence-corrected chi connectivity index (χ0v) is 12.6. The van der Waals surface area contributed by atoms with Crippen molar-refractivity contribution in [3.63, 3.8) is 0 Å². The number of carbonyl (C=O) groups excluding carboxylic acids is 2. The van der Waals surface area contributed by atoms with E-state index in [4.69, 9.17) is 0 Å². The highest BCUT2D eigenvalue weighted by Gasteiger charge is 2.09. The van der Waals surface area contributed by atoms with Crippen molar-refractivity contribution in [2.24, 2.45) is 0 Å². The predicted octanol–water partition coefficient (Wildman–Crippen LogP) is 3.52. The Bertz CT molecular complexity index is 655. The molecule has 0 radical (unpaired) electrons. The second-order valence-corrected chi connectivity index (χ2v) is 5.23. The minimum absolute atomic E-state index is 0.0200. The summed E-state index contributed by atoms with van der Waals surface area (Å²) in [5.41, 5.74) is 1.47. The van der Waals surface area contributed by atoms with E-state index in [2.05, 4.69) is 25.7 Å². The molecule has 1 aromatic heterocycles. The maximum atomic E-state index is 12.1. The van der Waals surface area contributed by atoms with Gasteiger partial charge in [0.1, 0.15) is 0 Å². The zero-order valence-electron chi connectivity index (χ0n) is 11.1. The van der Waals surface area contributed by atoms with Gasteiger partial charge in [0.05, 0.1) is 12.6 Å². The second kappa shape index (κ2) is 6.61. The molecule has 0 spiro atoms. The van der Waals surface area contributed by atoms with Crippen LogP contribution in [0.25, 0.3) is 10.9 Å². The molecular formula is C15H14BrNO3. The van der Waals surface area contributed by atoms with Gasteiger partial charge < -0.3 is 4.74 Å². The van der Waals surface area contributed by atoms with Gasteiger partial charge in [-0.1, -0.05) is 15.9 Å². The van der Waals surface area contributed by atoms with Crippen molar-refractivity contribution in [3.8, 4) is 0 Å². The summed E-state index contributed by atoms with van der Waals surface area (Å²) in [6, 6.07) is 7.26. The summed E-state index contributed by atoms with van der Waals surface area (Å²) >= 11 is 3.45. The first-order chi connectivity index (χ1) is 9.61. The van der Waals surface area contributed by atoms with Crippen LogP contribution in [0.15, 0.2) is 34.9 Å². The number of methoxy groups -OCH3 is 1. The Morgan fingerprint density at radius 2 is 2.05 bits per heavy atom. The fraction of sp³-hybridized carbons (Fsp3) is 0.267. The fourth-order valence-corrected chi connectivity index (χ4v) is 2.36. The number of carbonyl (C=O) groups is 2. The molecule has 0 aliphatic carbocycles. The van der Waals surface area contributed by atoms with Crippen molar-refractivity contribution >= 4 is 38.6 Å². The van der Waals surface area contributed by atoms with E-state index in [0.717, 1.165) is 15.4 Å². The van der Waals surface area contributed by atoms with Crippen LogP contribution in [0.3, 0.4) is 0 Å². The molecule has 0 unspecified atom stereocenters. The van der Waals surface area contributed by atoms with Crippen molar-refractivity contribution in [1.29, 1.82) is 0 Å². The number of Topliss-reactive ketones (excluding diaryl/α,β-unsaturated/α-hetero) is 1. The highest BCUT2D eigenvalue weighted by Crippen LogP contribution is 2.23. The number of esters is 1. The van der Waals surface area contributed by atoms with E-state index in [0.29, 0.717) is 18.4 Å². The van der Waals surface area contributed by atoms with Crippen LogP contribution in [0.4, 0.5) is 0 Å². The monoisotopic (exact) mass is 335 g/mol.